The number of thiophene rings is 1. The van der Waals surface area contributed by atoms with Crippen molar-refractivity contribution >= 4 is 57.5 Å². The summed E-state index contributed by atoms with van der Waals surface area (Å²) in [4.78, 5) is 30.1. The van der Waals surface area contributed by atoms with E-state index in [4.69, 9.17) is 17.0 Å². The number of morpholine rings is 1. The number of hydrogen-bond acceptors (Lipinski definition) is 7. The SMILES string of the molecule is O=C(CCN1C(=O)/C(=C\c2cccs2)SC1=S)NCCCN1CCOCC1. The number of carbonyl (C=O) groups is 2. The zero-order valence-electron chi connectivity index (χ0n) is 15.0. The Morgan fingerprint density at radius 2 is 2.15 bits per heavy atom. The molecule has 1 N–H and O–H groups in total. The molecular formula is C18H23N3O3S3. The topological polar surface area (TPSA) is 61.9 Å². The van der Waals surface area contributed by atoms with E-state index < -0.39 is 0 Å². The molecule has 2 aliphatic heterocycles. The van der Waals surface area contributed by atoms with Gasteiger partial charge in [0.05, 0.1) is 18.1 Å². The van der Waals surface area contributed by atoms with Gasteiger partial charge in [0, 0.05) is 37.5 Å². The molecule has 1 aromatic heterocycles. The largest absolute Gasteiger partial charge is 0.379 e. The maximum atomic E-state index is 12.5. The minimum absolute atomic E-state index is 0.0479. The van der Waals surface area contributed by atoms with Gasteiger partial charge in [-0.3, -0.25) is 19.4 Å². The van der Waals surface area contributed by atoms with E-state index >= 15 is 0 Å². The standard InChI is InChI=1S/C18H23N3O3S3/c22-16(19-5-2-6-20-8-10-24-11-9-20)4-7-21-17(23)15(27-18(21)25)13-14-3-1-12-26-14/h1,3,12-13H,2,4-11H2,(H,19,22)/b15-13+. The van der Waals surface area contributed by atoms with Crippen molar-refractivity contribution in [3.8, 4) is 0 Å². The highest BCUT2D eigenvalue weighted by Crippen LogP contribution is 2.33. The van der Waals surface area contributed by atoms with Crippen LogP contribution in [0.3, 0.4) is 0 Å². The molecule has 9 heteroatoms. The summed E-state index contributed by atoms with van der Waals surface area (Å²) >= 11 is 8.18. The van der Waals surface area contributed by atoms with E-state index in [9.17, 15) is 9.59 Å². The lowest BCUT2D eigenvalue weighted by molar-refractivity contribution is -0.123. The molecular weight excluding hydrogens is 402 g/mol. The Hall–Kier alpha value is -1.26. The molecule has 1 aromatic rings. The van der Waals surface area contributed by atoms with Gasteiger partial charge in [-0.05, 0) is 30.5 Å². The molecule has 3 heterocycles. The van der Waals surface area contributed by atoms with Crippen LogP contribution in [0.4, 0.5) is 0 Å². The molecule has 0 atom stereocenters. The molecule has 6 nitrogen and oxygen atoms in total. The van der Waals surface area contributed by atoms with Crippen molar-refractivity contribution in [2.45, 2.75) is 12.8 Å². The number of thiocarbonyl (C=S) groups is 1. The molecule has 2 saturated heterocycles. The zero-order valence-corrected chi connectivity index (χ0v) is 17.5. The average molecular weight is 426 g/mol. The van der Waals surface area contributed by atoms with Gasteiger partial charge in [-0.15, -0.1) is 11.3 Å². The number of hydrogen-bond donors (Lipinski definition) is 1. The van der Waals surface area contributed by atoms with E-state index in [1.807, 2.05) is 23.6 Å². The molecule has 0 aromatic carbocycles. The number of rotatable bonds is 8. The fourth-order valence-corrected chi connectivity index (χ4v) is 4.88. The first kappa shape index (κ1) is 20.5. The molecule has 27 heavy (non-hydrogen) atoms. The summed E-state index contributed by atoms with van der Waals surface area (Å²) in [5, 5.41) is 4.89. The Morgan fingerprint density at radius 1 is 1.33 bits per heavy atom. The smallest absolute Gasteiger partial charge is 0.266 e. The maximum Gasteiger partial charge on any atom is 0.266 e. The van der Waals surface area contributed by atoms with Gasteiger partial charge in [0.1, 0.15) is 4.32 Å². The van der Waals surface area contributed by atoms with Crippen molar-refractivity contribution in [1.82, 2.24) is 15.1 Å². The van der Waals surface area contributed by atoms with Crippen molar-refractivity contribution in [3.63, 3.8) is 0 Å². The third kappa shape index (κ3) is 6.11. The van der Waals surface area contributed by atoms with Crippen molar-refractivity contribution in [2.75, 3.05) is 45.9 Å². The lowest BCUT2D eigenvalue weighted by Crippen LogP contribution is -2.38. The normalized spacial score (nSPS) is 19.9. The van der Waals surface area contributed by atoms with E-state index in [-0.39, 0.29) is 18.2 Å². The maximum absolute atomic E-state index is 12.5. The van der Waals surface area contributed by atoms with Gasteiger partial charge in [-0.25, -0.2) is 0 Å². The predicted molar refractivity (Wildman–Crippen MR) is 114 cm³/mol. The number of carbonyl (C=O) groups excluding carboxylic acids is 2. The molecule has 0 radical (unpaired) electrons. The highest BCUT2D eigenvalue weighted by atomic mass is 32.2. The molecule has 0 spiro atoms. The van der Waals surface area contributed by atoms with Crippen LogP contribution in [0.25, 0.3) is 6.08 Å². The van der Waals surface area contributed by atoms with Crippen molar-refractivity contribution in [3.05, 3.63) is 27.3 Å². The third-order valence-electron chi connectivity index (χ3n) is 4.33. The number of ether oxygens (including phenoxy) is 1. The molecule has 0 aliphatic carbocycles. The summed E-state index contributed by atoms with van der Waals surface area (Å²) in [7, 11) is 0. The van der Waals surface area contributed by atoms with E-state index in [0.29, 0.717) is 22.3 Å². The van der Waals surface area contributed by atoms with Crippen LogP contribution in [-0.2, 0) is 14.3 Å². The van der Waals surface area contributed by atoms with Crippen LogP contribution in [0.5, 0.6) is 0 Å². The second-order valence-corrected chi connectivity index (χ2v) is 8.91. The second kappa shape index (κ2) is 10.3. The van der Waals surface area contributed by atoms with E-state index in [2.05, 4.69) is 10.2 Å². The molecule has 146 valence electrons. The van der Waals surface area contributed by atoms with Gasteiger partial charge in [0.25, 0.3) is 5.91 Å². The average Bonchev–Trinajstić information content (AvgIpc) is 3.27. The van der Waals surface area contributed by atoms with Crippen LogP contribution >= 0.6 is 35.3 Å². The Morgan fingerprint density at radius 3 is 2.89 bits per heavy atom. The number of nitrogens with zero attached hydrogens (tertiary/aromatic N) is 2. The monoisotopic (exact) mass is 425 g/mol. The van der Waals surface area contributed by atoms with E-state index in [1.54, 1.807) is 11.3 Å². The zero-order chi connectivity index (χ0) is 19.1. The van der Waals surface area contributed by atoms with Gasteiger partial charge < -0.3 is 10.1 Å². The Labute approximate surface area is 172 Å². The first-order chi connectivity index (χ1) is 13.1. The first-order valence-electron chi connectivity index (χ1n) is 8.99. The molecule has 2 fully saturated rings. The molecule has 3 rings (SSSR count). The van der Waals surface area contributed by atoms with Crippen LogP contribution in [0.2, 0.25) is 0 Å². The fraction of sp³-hybridized carbons (Fsp3) is 0.500. The van der Waals surface area contributed by atoms with Crippen LogP contribution < -0.4 is 5.32 Å². The Balaban J connectivity index is 1.37. The molecule has 2 aliphatic rings. The Bertz CT molecular complexity index is 700. The highest BCUT2D eigenvalue weighted by molar-refractivity contribution is 8.26. The summed E-state index contributed by atoms with van der Waals surface area (Å²) in [6.07, 6.45) is 3.03. The first-order valence-corrected chi connectivity index (χ1v) is 11.1. The lowest BCUT2D eigenvalue weighted by atomic mass is 10.3. The quantitative estimate of drug-likeness (QED) is 0.391. The van der Waals surface area contributed by atoms with E-state index in [0.717, 1.165) is 44.1 Å². The van der Waals surface area contributed by atoms with Crippen LogP contribution in [0, 0.1) is 0 Å². The molecule has 0 bridgehead atoms. The number of thioether (sulfide) groups is 1. The van der Waals surface area contributed by atoms with Gasteiger partial charge >= 0.3 is 0 Å². The van der Waals surface area contributed by atoms with Crippen molar-refractivity contribution in [2.24, 2.45) is 0 Å². The predicted octanol–water partition coefficient (Wildman–Crippen LogP) is 2.18. The van der Waals surface area contributed by atoms with Crippen LogP contribution in [0.15, 0.2) is 22.4 Å². The van der Waals surface area contributed by atoms with Crippen molar-refractivity contribution < 1.29 is 14.3 Å². The summed E-state index contributed by atoms with van der Waals surface area (Å²) in [6.45, 7) is 5.43. The van der Waals surface area contributed by atoms with Gasteiger partial charge in [-0.1, -0.05) is 30.0 Å². The summed E-state index contributed by atoms with van der Waals surface area (Å²) in [5.74, 6) is -0.160. The van der Waals surface area contributed by atoms with Gasteiger partial charge in [-0.2, -0.15) is 0 Å². The summed E-state index contributed by atoms with van der Waals surface area (Å²) in [5.41, 5.74) is 0. The minimum Gasteiger partial charge on any atom is -0.379 e. The minimum atomic E-state index is -0.112. The second-order valence-electron chi connectivity index (χ2n) is 6.26. The molecule has 0 saturated carbocycles. The van der Waals surface area contributed by atoms with Crippen LogP contribution in [-0.4, -0.2) is 71.9 Å². The van der Waals surface area contributed by atoms with Gasteiger partial charge in [0.15, 0.2) is 0 Å². The summed E-state index contributed by atoms with van der Waals surface area (Å²) in [6, 6.07) is 3.90. The lowest BCUT2D eigenvalue weighted by Gasteiger charge is -2.26. The van der Waals surface area contributed by atoms with Crippen molar-refractivity contribution in [1.29, 1.82) is 0 Å². The number of nitrogens with one attached hydrogen (secondary N) is 1. The molecule has 0 unspecified atom stereocenters. The number of amides is 2. The Kier molecular flexibility index (Phi) is 7.83. The van der Waals surface area contributed by atoms with Crippen LogP contribution in [0.1, 0.15) is 17.7 Å². The third-order valence-corrected chi connectivity index (χ3v) is 6.53. The molecule has 2 amide bonds. The highest BCUT2D eigenvalue weighted by Gasteiger charge is 2.32. The fourth-order valence-electron chi connectivity index (χ4n) is 2.85. The van der Waals surface area contributed by atoms with Gasteiger partial charge in [0.2, 0.25) is 5.91 Å². The summed E-state index contributed by atoms with van der Waals surface area (Å²) < 4.78 is 5.84. The van der Waals surface area contributed by atoms with E-state index in [1.165, 1.54) is 16.7 Å².